The summed E-state index contributed by atoms with van der Waals surface area (Å²) >= 11 is 1.17. The van der Waals surface area contributed by atoms with Crippen LogP contribution in [0.2, 0.25) is 0 Å². The van der Waals surface area contributed by atoms with Crippen molar-refractivity contribution in [1.82, 2.24) is 10.3 Å². The second-order valence-corrected chi connectivity index (χ2v) is 5.71. The zero-order chi connectivity index (χ0) is 13.8. The van der Waals surface area contributed by atoms with Crippen molar-refractivity contribution in [2.45, 2.75) is 52.3 Å². The fourth-order valence-corrected chi connectivity index (χ4v) is 2.84. The summed E-state index contributed by atoms with van der Waals surface area (Å²) in [5.74, 6) is 0.154. The Morgan fingerprint density at radius 1 is 1.33 bits per heavy atom. The number of nitrogens with one attached hydrogen (secondary N) is 1. The van der Waals surface area contributed by atoms with E-state index in [0.29, 0.717) is 6.54 Å². The maximum atomic E-state index is 12.3. The number of halogens is 3. The van der Waals surface area contributed by atoms with Gasteiger partial charge in [-0.05, 0) is 18.9 Å². The van der Waals surface area contributed by atoms with Crippen LogP contribution in [0.1, 0.15) is 48.7 Å². The molecular weight excluding hydrogens is 261 g/mol. The molecule has 0 atom stereocenters. The first-order chi connectivity index (χ1) is 8.33. The van der Waals surface area contributed by atoms with Gasteiger partial charge in [0, 0.05) is 11.4 Å². The molecule has 0 unspecified atom stereocenters. The van der Waals surface area contributed by atoms with Gasteiger partial charge in [0.15, 0.2) is 0 Å². The van der Waals surface area contributed by atoms with Gasteiger partial charge in [-0.25, -0.2) is 4.98 Å². The Morgan fingerprint density at radius 3 is 2.50 bits per heavy atom. The summed E-state index contributed by atoms with van der Waals surface area (Å²) in [6.07, 6.45) is -4.10. The molecule has 0 saturated carbocycles. The smallest absolute Gasteiger partial charge is 0.312 e. The van der Waals surface area contributed by atoms with E-state index >= 15 is 0 Å². The molecule has 0 aliphatic heterocycles. The summed E-state index contributed by atoms with van der Waals surface area (Å²) in [7, 11) is 0. The third-order valence-electron chi connectivity index (χ3n) is 2.38. The highest BCUT2D eigenvalue weighted by atomic mass is 32.1. The van der Waals surface area contributed by atoms with Crippen LogP contribution in [0.25, 0.3) is 0 Å². The predicted molar refractivity (Wildman–Crippen MR) is 68.0 cm³/mol. The first-order valence-corrected chi connectivity index (χ1v) is 6.91. The number of thiazole rings is 1. The first kappa shape index (κ1) is 15.4. The van der Waals surface area contributed by atoms with Crippen LogP contribution < -0.4 is 5.32 Å². The maximum Gasteiger partial charge on any atom is 0.395 e. The average molecular weight is 280 g/mol. The minimum absolute atomic E-state index is 0.154. The Bertz CT molecular complexity index is 372. The molecule has 18 heavy (non-hydrogen) atoms. The maximum absolute atomic E-state index is 12.3. The van der Waals surface area contributed by atoms with Crippen molar-refractivity contribution >= 4 is 11.3 Å². The molecule has 104 valence electrons. The van der Waals surface area contributed by atoms with Gasteiger partial charge in [0.1, 0.15) is 5.01 Å². The number of aromatic nitrogens is 1. The molecule has 1 aromatic heterocycles. The van der Waals surface area contributed by atoms with Crippen LogP contribution in [-0.2, 0) is 13.0 Å². The normalized spacial score (nSPS) is 12.4. The Kier molecular flexibility index (Phi) is 5.59. The number of hydrogen-bond acceptors (Lipinski definition) is 3. The predicted octanol–water partition coefficient (Wildman–Crippen LogP) is 3.87. The highest BCUT2D eigenvalue weighted by Crippen LogP contribution is 2.29. The standard InChI is InChI=1S/C12H19F3N2S/c1-4-5-16-7-9-11(8(2)3)17-10(18-9)6-12(13,14)15/h8,16H,4-7H2,1-3H3. The van der Waals surface area contributed by atoms with Crippen LogP contribution in [0.4, 0.5) is 13.2 Å². The summed E-state index contributed by atoms with van der Waals surface area (Å²) in [4.78, 5) is 5.06. The minimum Gasteiger partial charge on any atom is -0.312 e. The Morgan fingerprint density at radius 2 is 2.00 bits per heavy atom. The van der Waals surface area contributed by atoms with Gasteiger partial charge >= 0.3 is 6.18 Å². The van der Waals surface area contributed by atoms with Crippen LogP contribution in [0, 0.1) is 0 Å². The van der Waals surface area contributed by atoms with E-state index in [0.717, 1.165) is 23.5 Å². The third-order valence-corrected chi connectivity index (χ3v) is 3.45. The molecule has 2 nitrogen and oxygen atoms in total. The van der Waals surface area contributed by atoms with Gasteiger partial charge in [0.2, 0.25) is 0 Å². The zero-order valence-corrected chi connectivity index (χ0v) is 11.7. The van der Waals surface area contributed by atoms with Crippen molar-refractivity contribution in [2.75, 3.05) is 6.54 Å². The molecule has 0 fully saturated rings. The lowest BCUT2D eigenvalue weighted by Gasteiger charge is -2.05. The lowest BCUT2D eigenvalue weighted by atomic mass is 10.1. The summed E-state index contributed by atoms with van der Waals surface area (Å²) in [6.45, 7) is 7.44. The number of rotatable bonds is 6. The van der Waals surface area contributed by atoms with E-state index in [-0.39, 0.29) is 10.9 Å². The molecule has 1 aromatic rings. The van der Waals surface area contributed by atoms with E-state index in [2.05, 4.69) is 17.2 Å². The van der Waals surface area contributed by atoms with E-state index in [4.69, 9.17) is 0 Å². The van der Waals surface area contributed by atoms with E-state index < -0.39 is 12.6 Å². The number of nitrogens with zero attached hydrogens (tertiary/aromatic N) is 1. The van der Waals surface area contributed by atoms with Crippen LogP contribution >= 0.6 is 11.3 Å². The molecule has 0 aromatic carbocycles. The lowest BCUT2D eigenvalue weighted by Crippen LogP contribution is -2.14. The summed E-state index contributed by atoms with van der Waals surface area (Å²) < 4.78 is 37.0. The van der Waals surface area contributed by atoms with Gasteiger partial charge in [0.05, 0.1) is 12.1 Å². The van der Waals surface area contributed by atoms with E-state index in [1.165, 1.54) is 11.3 Å². The number of hydrogen-bond donors (Lipinski definition) is 1. The topological polar surface area (TPSA) is 24.9 Å². The van der Waals surface area contributed by atoms with Gasteiger partial charge in [-0.3, -0.25) is 0 Å². The van der Waals surface area contributed by atoms with Gasteiger partial charge in [-0.2, -0.15) is 13.2 Å². The number of alkyl halides is 3. The van der Waals surface area contributed by atoms with Gasteiger partial charge in [0.25, 0.3) is 0 Å². The molecule has 0 amide bonds. The third kappa shape index (κ3) is 4.94. The SMILES string of the molecule is CCCNCc1sc(CC(F)(F)F)nc1C(C)C. The van der Waals surface area contributed by atoms with Crippen molar-refractivity contribution in [3.63, 3.8) is 0 Å². The minimum atomic E-state index is -4.18. The molecule has 1 rings (SSSR count). The van der Waals surface area contributed by atoms with Crippen molar-refractivity contribution < 1.29 is 13.2 Å². The summed E-state index contributed by atoms with van der Waals surface area (Å²) in [6, 6.07) is 0. The van der Waals surface area contributed by atoms with Gasteiger partial charge in [-0.15, -0.1) is 11.3 Å². The fraction of sp³-hybridized carbons (Fsp3) is 0.750. The average Bonchev–Trinajstić information content (AvgIpc) is 2.59. The fourth-order valence-electron chi connectivity index (χ4n) is 1.62. The zero-order valence-electron chi connectivity index (χ0n) is 10.9. The van der Waals surface area contributed by atoms with Crippen LogP contribution in [-0.4, -0.2) is 17.7 Å². The molecule has 6 heteroatoms. The highest BCUT2D eigenvalue weighted by Gasteiger charge is 2.30. The van der Waals surface area contributed by atoms with Crippen LogP contribution in [0.3, 0.4) is 0 Å². The molecule has 0 aliphatic rings. The highest BCUT2D eigenvalue weighted by molar-refractivity contribution is 7.11. The summed E-state index contributed by atoms with van der Waals surface area (Å²) in [5.41, 5.74) is 0.794. The van der Waals surface area contributed by atoms with E-state index in [1.807, 2.05) is 13.8 Å². The Hall–Kier alpha value is -0.620. The monoisotopic (exact) mass is 280 g/mol. The van der Waals surface area contributed by atoms with E-state index in [1.54, 1.807) is 0 Å². The largest absolute Gasteiger partial charge is 0.395 e. The second-order valence-electron chi connectivity index (χ2n) is 4.54. The molecule has 0 saturated heterocycles. The molecule has 0 radical (unpaired) electrons. The summed E-state index contributed by atoms with van der Waals surface area (Å²) in [5, 5.41) is 3.38. The van der Waals surface area contributed by atoms with Gasteiger partial charge in [-0.1, -0.05) is 20.8 Å². The lowest BCUT2D eigenvalue weighted by molar-refractivity contribution is -0.127. The Labute approximate surface area is 110 Å². The van der Waals surface area contributed by atoms with Crippen molar-refractivity contribution in [3.8, 4) is 0 Å². The first-order valence-electron chi connectivity index (χ1n) is 6.09. The quantitative estimate of drug-likeness (QED) is 0.800. The van der Waals surface area contributed by atoms with Crippen molar-refractivity contribution in [3.05, 3.63) is 15.6 Å². The molecule has 1 heterocycles. The molecule has 0 spiro atoms. The molecule has 0 aliphatic carbocycles. The molecule has 0 bridgehead atoms. The molecular formula is C12H19F3N2S. The van der Waals surface area contributed by atoms with Gasteiger partial charge < -0.3 is 5.32 Å². The van der Waals surface area contributed by atoms with Crippen molar-refractivity contribution in [2.24, 2.45) is 0 Å². The Balaban J connectivity index is 2.80. The second kappa shape index (κ2) is 6.52. The van der Waals surface area contributed by atoms with Crippen LogP contribution in [0.5, 0.6) is 0 Å². The van der Waals surface area contributed by atoms with E-state index in [9.17, 15) is 13.2 Å². The molecule has 1 N–H and O–H groups in total. The van der Waals surface area contributed by atoms with Crippen LogP contribution in [0.15, 0.2) is 0 Å². The van der Waals surface area contributed by atoms with Crippen molar-refractivity contribution in [1.29, 1.82) is 0 Å².